The Hall–Kier alpha value is -1.13. The molecular weight excluding hydrogens is 255 g/mol. The molecule has 1 aromatic rings. The topological polar surface area (TPSA) is 35.5 Å². The number of anilines is 1. The number of benzene rings is 1. The highest BCUT2D eigenvalue weighted by atomic mass is 19.1. The molecule has 0 spiro atoms. The van der Waals surface area contributed by atoms with Crippen LogP contribution in [0.3, 0.4) is 0 Å². The SMILES string of the molecule is CNC(C)c1cccc(F)c1N(CCO)C1CCCC1. The van der Waals surface area contributed by atoms with Gasteiger partial charge in [-0.1, -0.05) is 25.0 Å². The molecule has 1 saturated carbocycles. The van der Waals surface area contributed by atoms with Crippen molar-refractivity contribution in [1.82, 2.24) is 5.32 Å². The maximum atomic E-state index is 14.4. The van der Waals surface area contributed by atoms with Gasteiger partial charge < -0.3 is 15.3 Å². The average molecular weight is 280 g/mol. The highest BCUT2D eigenvalue weighted by Crippen LogP contribution is 2.34. The van der Waals surface area contributed by atoms with E-state index >= 15 is 0 Å². The lowest BCUT2D eigenvalue weighted by atomic mass is 10.0. The second-order valence-electron chi connectivity index (χ2n) is 5.54. The lowest BCUT2D eigenvalue weighted by Gasteiger charge is -2.33. The van der Waals surface area contributed by atoms with Gasteiger partial charge in [-0.15, -0.1) is 0 Å². The number of hydrogen-bond acceptors (Lipinski definition) is 3. The summed E-state index contributed by atoms with van der Waals surface area (Å²) in [6.07, 6.45) is 4.55. The van der Waals surface area contributed by atoms with E-state index in [0.29, 0.717) is 18.3 Å². The lowest BCUT2D eigenvalue weighted by Crippen LogP contribution is -2.37. The molecule has 20 heavy (non-hydrogen) atoms. The zero-order chi connectivity index (χ0) is 14.5. The molecule has 0 bridgehead atoms. The summed E-state index contributed by atoms with van der Waals surface area (Å²) >= 11 is 0. The third-order valence-electron chi connectivity index (χ3n) is 4.31. The lowest BCUT2D eigenvalue weighted by molar-refractivity contribution is 0.296. The van der Waals surface area contributed by atoms with Crippen LogP contribution in [0.2, 0.25) is 0 Å². The first-order chi connectivity index (χ1) is 9.69. The maximum Gasteiger partial charge on any atom is 0.146 e. The van der Waals surface area contributed by atoms with E-state index in [-0.39, 0.29) is 18.5 Å². The summed E-state index contributed by atoms with van der Waals surface area (Å²) in [7, 11) is 1.88. The Kier molecular flexibility index (Phi) is 5.38. The molecule has 1 fully saturated rings. The second-order valence-corrected chi connectivity index (χ2v) is 5.54. The van der Waals surface area contributed by atoms with Crippen molar-refractivity contribution in [3.63, 3.8) is 0 Å². The minimum absolute atomic E-state index is 0.0538. The number of para-hydroxylation sites is 1. The first-order valence-corrected chi connectivity index (χ1v) is 7.52. The Morgan fingerprint density at radius 1 is 1.40 bits per heavy atom. The molecular formula is C16H25FN2O. The van der Waals surface area contributed by atoms with E-state index in [1.807, 2.05) is 20.0 Å². The molecule has 0 aromatic heterocycles. The standard InChI is InChI=1S/C16H25FN2O/c1-12(18-2)14-8-5-9-15(17)16(14)19(10-11-20)13-6-3-4-7-13/h5,8-9,12-13,18,20H,3-4,6-7,10-11H2,1-2H3. The normalized spacial score (nSPS) is 17.4. The fraction of sp³-hybridized carbons (Fsp3) is 0.625. The molecule has 4 heteroatoms. The van der Waals surface area contributed by atoms with Crippen LogP contribution in [0.1, 0.15) is 44.2 Å². The Labute approximate surface area is 120 Å². The fourth-order valence-electron chi connectivity index (χ4n) is 3.14. The van der Waals surface area contributed by atoms with Crippen LogP contribution in [-0.4, -0.2) is 31.3 Å². The third kappa shape index (κ3) is 3.13. The van der Waals surface area contributed by atoms with E-state index < -0.39 is 0 Å². The molecule has 112 valence electrons. The van der Waals surface area contributed by atoms with Crippen molar-refractivity contribution in [1.29, 1.82) is 0 Å². The van der Waals surface area contributed by atoms with Gasteiger partial charge >= 0.3 is 0 Å². The van der Waals surface area contributed by atoms with Crippen LogP contribution < -0.4 is 10.2 Å². The summed E-state index contributed by atoms with van der Waals surface area (Å²) in [5.74, 6) is -0.190. The molecule has 0 amide bonds. The predicted molar refractivity (Wildman–Crippen MR) is 80.6 cm³/mol. The minimum atomic E-state index is -0.190. The number of nitrogens with zero attached hydrogens (tertiary/aromatic N) is 1. The summed E-state index contributed by atoms with van der Waals surface area (Å²) in [6, 6.07) is 5.68. The number of nitrogens with one attached hydrogen (secondary N) is 1. The van der Waals surface area contributed by atoms with E-state index in [1.165, 1.54) is 18.9 Å². The van der Waals surface area contributed by atoms with Crippen LogP contribution >= 0.6 is 0 Å². The Morgan fingerprint density at radius 3 is 2.70 bits per heavy atom. The van der Waals surface area contributed by atoms with E-state index in [1.54, 1.807) is 6.07 Å². The van der Waals surface area contributed by atoms with Crippen LogP contribution in [0.15, 0.2) is 18.2 Å². The van der Waals surface area contributed by atoms with Gasteiger partial charge in [0.05, 0.1) is 12.3 Å². The molecule has 0 heterocycles. The summed E-state index contributed by atoms with van der Waals surface area (Å²) in [4.78, 5) is 2.07. The molecule has 1 unspecified atom stereocenters. The second kappa shape index (κ2) is 7.04. The molecule has 0 aliphatic heterocycles. The van der Waals surface area contributed by atoms with Gasteiger partial charge in [-0.3, -0.25) is 0 Å². The first kappa shape index (κ1) is 15.3. The maximum absolute atomic E-state index is 14.4. The van der Waals surface area contributed by atoms with Crippen molar-refractivity contribution >= 4 is 5.69 Å². The quantitative estimate of drug-likeness (QED) is 0.841. The zero-order valence-corrected chi connectivity index (χ0v) is 12.4. The number of halogens is 1. The molecule has 3 nitrogen and oxygen atoms in total. The largest absolute Gasteiger partial charge is 0.395 e. The molecule has 0 saturated heterocycles. The van der Waals surface area contributed by atoms with Crippen molar-refractivity contribution in [2.45, 2.75) is 44.7 Å². The molecule has 2 rings (SSSR count). The van der Waals surface area contributed by atoms with Gasteiger partial charge in [-0.2, -0.15) is 0 Å². The Morgan fingerprint density at radius 2 is 2.10 bits per heavy atom. The van der Waals surface area contributed by atoms with Gasteiger partial charge in [-0.25, -0.2) is 4.39 Å². The Bertz CT molecular complexity index is 432. The molecule has 1 aromatic carbocycles. The van der Waals surface area contributed by atoms with Crippen LogP contribution in [-0.2, 0) is 0 Å². The van der Waals surface area contributed by atoms with Crippen molar-refractivity contribution < 1.29 is 9.50 Å². The highest BCUT2D eigenvalue weighted by molar-refractivity contribution is 5.57. The van der Waals surface area contributed by atoms with E-state index in [2.05, 4.69) is 10.2 Å². The average Bonchev–Trinajstić information content (AvgIpc) is 2.98. The van der Waals surface area contributed by atoms with E-state index in [4.69, 9.17) is 0 Å². The monoisotopic (exact) mass is 280 g/mol. The van der Waals surface area contributed by atoms with Gasteiger partial charge in [-0.05, 0) is 38.4 Å². The van der Waals surface area contributed by atoms with E-state index in [0.717, 1.165) is 18.4 Å². The van der Waals surface area contributed by atoms with Crippen LogP contribution in [0.4, 0.5) is 10.1 Å². The van der Waals surface area contributed by atoms with Crippen LogP contribution in [0.5, 0.6) is 0 Å². The Balaban J connectivity index is 2.40. The van der Waals surface area contributed by atoms with Gasteiger partial charge in [0.2, 0.25) is 0 Å². The fourth-order valence-corrected chi connectivity index (χ4v) is 3.14. The zero-order valence-electron chi connectivity index (χ0n) is 12.4. The summed E-state index contributed by atoms with van der Waals surface area (Å²) in [5.41, 5.74) is 1.63. The molecule has 0 radical (unpaired) electrons. The van der Waals surface area contributed by atoms with E-state index in [9.17, 15) is 9.50 Å². The van der Waals surface area contributed by atoms with Gasteiger partial charge in [0, 0.05) is 18.6 Å². The van der Waals surface area contributed by atoms with Gasteiger partial charge in [0.1, 0.15) is 5.82 Å². The number of rotatable bonds is 6. The van der Waals surface area contributed by atoms with Gasteiger partial charge in [0.15, 0.2) is 0 Å². The first-order valence-electron chi connectivity index (χ1n) is 7.52. The van der Waals surface area contributed by atoms with Crippen molar-refractivity contribution in [3.05, 3.63) is 29.6 Å². The number of aliphatic hydroxyl groups is 1. The van der Waals surface area contributed by atoms with Crippen LogP contribution in [0, 0.1) is 5.82 Å². The molecule has 1 aliphatic rings. The molecule has 1 aliphatic carbocycles. The van der Waals surface area contributed by atoms with Crippen molar-refractivity contribution in [3.8, 4) is 0 Å². The summed E-state index contributed by atoms with van der Waals surface area (Å²) in [5, 5.41) is 12.5. The summed E-state index contributed by atoms with van der Waals surface area (Å²) < 4.78 is 14.4. The molecule has 2 N–H and O–H groups in total. The minimum Gasteiger partial charge on any atom is -0.395 e. The highest BCUT2D eigenvalue weighted by Gasteiger charge is 2.27. The predicted octanol–water partition coefficient (Wildman–Crippen LogP) is 2.85. The third-order valence-corrected chi connectivity index (χ3v) is 4.31. The summed E-state index contributed by atoms with van der Waals surface area (Å²) in [6.45, 7) is 2.58. The van der Waals surface area contributed by atoms with Crippen molar-refractivity contribution in [2.24, 2.45) is 0 Å². The number of hydrogen-bond donors (Lipinski definition) is 2. The smallest absolute Gasteiger partial charge is 0.146 e. The van der Waals surface area contributed by atoms with Gasteiger partial charge in [0.25, 0.3) is 0 Å². The van der Waals surface area contributed by atoms with Crippen molar-refractivity contribution in [2.75, 3.05) is 25.1 Å². The molecule has 1 atom stereocenters. The number of aliphatic hydroxyl groups excluding tert-OH is 1. The van der Waals surface area contributed by atoms with Crippen LogP contribution in [0.25, 0.3) is 0 Å².